The van der Waals surface area contributed by atoms with E-state index >= 15 is 0 Å². The lowest BCUT2D eigenvalue weighted by Gasteiger charge is -2.18. The molecule has 2 heterocycles. The lowest BCUT2D eigenvalue weighted by atomic mass is 10.1. The quantitative estimate of drug-likeness (QED) is 0.396. The number of carbonyl (C=O) groups is 1. The Balaban J connectivity index is 2.28. The third kappa shape index (κ3) is 4.95. The van der Waals surface area contributed by atoms with Crippen LogP contribution in [0.5, 0.6) is 0 Å². The van der Waals surface area contributed by atoms with Gasteiger partial charge in [-0.25, -0.2) is 4.79 Å². The van der Waals surface area contributed by atoms with Gasteiger partial charge in [-0.1, -0.05) is 0 Å². The maximum atomic E-state index is 12.0. The second kappa shape index (κ2) is 8.22. The number of H-pyrrole nitrogens is 1. The maximum absolute atomic E-state index is 12.0. The summed E-state index contributed by atoms with van der Waals surface area (Å²) in [5.41, 5.74) is -1.87. The van der Waals surface area contributed by atoms with Gasteiger partial charge in [-0.2, -0.15) is 0 Å². The van der Waals surface area contributed by atoms with Gasteiger partial charge < -0.3 is 24.2 Å². The number of carbonyl (C=O) groups excluding carboxylic acids is 1. The molecule has 1 aliphatic rings. The van der Waals surface area contributed by atoms with Gasteiger partial charge in [-0.3, -0.25) is 23.7 Å². The molecule has 0 aliphatic carbocycles. The highest BCUT2D eigenvalue weighted by Crippen LogP contribution is 2.57. The summed E-state index contributed by atoms with van der Waals surface area (Å²) in [6.45, 7) is -0.522. The normalized spacial score (nSPS) is 26.0. The van der Waals surface area contributed by atoms with Gasteiger partial charge in [0.25, 0.3) is 5.56 Å². The van der Waals surface area contributed by atoms with E-state index in [4.69, 9.17) is 27.2 Å². The summed E-state index contributed by atoms with van der Waals surface area (Å²) in [4.78, 5) is 37.1. The van der Waals surface area contributed by atoms with E-state index < -0.39 is 60.9 Å². The molecule has 0 bridgehead atoms. The highest BCUT2D eigenvalue weighted by atomic mass is 35.9. The van der Waals surface area contributed by atoms with Crippen molar-refractivity contribution in [3.8, 4) is 0 Å². The van der Waals surface area contributed by atoms with Crippen LogP contribution >= 0.6 is 28.6 Å². The number of nitrogens with zero attached hydrogens (tertiary/aromatic N) is 1. The number of halogens is 2. The van der Waals surface area contributed by atoms with Gasteiger partial charge >= 0.3 is 17.7 Å². The lowest BCUT2D eigenvalue weighted by Crippen LogP contribution is -2.39. The van der Waals surface area contributed by atoms with Crippen LogP contribution in [0.1, 0.15) is 11.8 Å². The van der Waals surface area contributed by atoms with E-state index in [0.717, 1.165) is 17.9 Å². The van der Waals surface area contributed by atoms with Crippen molar-refractivity contribution < 1.29 is 33.6 Å². The van der Waals surface area contributed by atoms with Crippen molar-refractivity contribution in [2.45, 2.75) is 31.0 Å². The summed E-state index contributed by atoms with van der Waals surface area (Å²) >= 11 is 10.5. The second-order valence-electron chi connectivity index (χ2n) is 5.33. The second-order valence-corrected chi connectivity index (χ2v) is 9.61. The van der Waals surface area contributed by atoms with Gasteiger partial charge in [0.1, 0.15) is 18.3 Å². The van der Waals surface area contributed by atoms with Crippen LogP contribution in [0.15, 0.2) is 15.8 Å². The molecule has 2 rings (SSSR count). The van der Waals surface area contributed by atoms with Gasteiger partial charge in [-0.05, 0) is 22.5 Å². The van der Waals surface area contributed by atoms with E-state index in [2.05, 4.69) is 9.26 Å². The zero-order chi connectivity index (χ0) is 19.6. The summed E-state index contributed by atoms with van der Waals surface area (Å²) in [7, 11) is 1.13. The third-order valence-electron chi connectivity index (χ3n) is 3.60. The first-order chi connectivity index (χ1) is 12.0. The molecule has 0 saturated carbocycles. The fraction of sp³-hybridized carbons (Fsp3) is 0.583. The van der Waals surface area contributed by atoms with Crippen molar-refractivity contribution in [1.29, 1.82) is 0 Å². The van der Waals surface area contributed by atoms with Gasteiger partial charge in [0, 0.05) is 11.8 Å². The zero-order valence-electron chi connectivity index (χ0n) is 13.2. The third-order valence-corrected chi connectivity index (χ3v) is 4.64. The van der Waals surface area contributed by atoms with E-state index in [1.165, 1.54) is 0 Å². The average Bonchev–Trinajstić information content (AvgIpc) is 2.82. The van der Waals surface area contributed by atoms with E-state index in [-0.39, 0.29) is 5.56 Å². The first-order valence-electron chi connectivity index (χ1n) is 7.10. The monoisotopic (exact) mass is 432 g/mol. The number of nitrogens with one attached hydrogen (secondary N) is 1. The van der Waals surface area contributed by atoms with Crippen molar-refractivity contribution >= 4 is 34.5 Å². The first kappa shape index (κ1) is 21.1. The minimum Gasteiger partial charge on any atom is -0.469 e. The maximum Gasteiger partial charge on any atom is 0.380 e. The largest absolute Gasteiger partial charge is 0.469 e. The van der Waals surface area contributed by atoms with E-state index in [1.807, 2.05) is 4.98 Å². The molecule has 1 saturated heterocycles. The van der Waals surface area contributed by atoms with Crippen LogP contribution in [-0.4, -0.2) is 57.8 Å². The summed E-state index contributed by atoms with van der Waals surface area (Å²) in [5, 5.41) is 20.1. The fourth-order valence-electron chi connectivity index (χ4n) is 2.33. The van der Waals surface area contributed by atoms with Crippen molar-refractivity contribution in [3.05, 3.63) is 32.6 Å². The molecule has 0 spiro atoms. The van der Waals surface area contributed by atoms with E-state index in [9.17, 15) is 29.2 Å². The van der Waals surface area contributed by atoms with Crippen LogP contribution in [0.2, 0.25) is 0 Å². The molecule has 1 unspecified atom stereocenters. The summed E-state index contributed by atoms with van der Waals surface area (Å²) in [6, 6.07) is 0. The molecule has 11 nitrogen and oxygen atoms in total. The lowest BCUT2D eigenvalue weighted by molar-refractivity contribution is -0.139. The highest BCUT2D eigenvalue weighted by molar-refractivity contribution is 8.05. The minimum absolute atomic E-state index is 0.118. The molecule has 14 heteroatoms. The van der Waals surface area contributed by atoms with Crippen molar-refractivity contribution in [3.63, 3.8) is 0 Å². The molecule has 146 valence electrons. The van der Waals surface area contributed by atoms with Crippen molar-refractivity contribution in [2.24, 2.45) is 0 Å². The highest BCUT2D eigenvalue weighted by Gasteiger charge is 2.45. The Labute approximate surface area is 155 Å². The molecule has 0 radical (unpaired) electrons. The Morgan fingerprint density at radius 1 is 1.38 bits per heavy atom. The van der Waals surface area contributed by atoms with Gasteiger partial charge in [0.2, 0.25) is 0 Å². The molecule has 1 aromatic heterocycles. The number of aliphatic hydroxyl groups is 2. The Bertz CT molecular complexity index is 835. The molecule has 1 fully saturated rings. The van der Waals surface area contributed by atoms with Crippen LogP contribution in [0.3, 0.4) is 0 Å². The number of aromatic nitrogens is 2. The van der Waals surface area contributed by atoms with Gasteiger partial charge in [0.15, 0.2) is 6.23 Å². The predicted molar refractivity (Wildman–Crippen MR) is 88.2 cm³/mol. The number of methoxy groups -OCH3 is 1. The number of rotatable bonds is 6. The van der Waals surface area contributed by atoms with Gasteiger partial charge in [0.05, 0.1) is 20.1 Å². The molecule has 4 atom stereocenters. The molecular weight excluding hydrogens is 418 g/mol. The van der Waals surface area contributed by atoms with Crippen molar-refractivity contribution in [1.82, 2.24) is 9.55 Å². The fourth-order valence-corrected chi connectivity index (χ4v) is 2.99. The number of esters is 1. The molecule has 0 amide bonds. The Morgan fingerprint density at radius 2 is 2.04 bits per heavy atom. The summed E-state index contributed by atoms with van der Waals surface area (Å²) in [5.74, 6) is -0.722. The molecule has 3 N–H and O–H groups in total. The molecule has 1 aliphatic heterocycles. The van der Waals surface area contributed by atoms with Crippen LogP contribution in [0, 0.1) is 0 Å². The van der Waals surface area contributed by atoms with Gasteiger partial charge in [-0.15, -0.1) is 0 Å². The van der Waals surface area contributed by atoms with E-state index in [1.54, 1.807) is 0 Å². The van der Waals surface area contributed by atoms with Crippen LogP contribution in [0.25, 0.3) is 0 Å². The molecule has 26 heavy (non-hydrogen) atoms. The van der Waals surface area contributed by atoms with Crippen molar-refractivity contribution in [2.75, 3.05) is 13.7 Å². The standard InChI is InChI=1S/C12H15Cl2N2O9P/c1-23-7(17)2-5-3-16(12(21)15-10(5)20)11-9(19)8(18)6(25-11)4-24-26(13,14)22/h3,6,8-9,11,18-19H,2,4H2,1H3,(H,15,20,21)/t6-,8?,9+,11-/m1/s1. The van der Waals surface area contributed by atoms with E-state index in [0.29, 0.717) is 0 Å². The smallest absolute Gasteiger partial charge is 0.380 e. The minimum atomic E-state index is -3.90. The summed E-state index contributed by atoms with van der Waals surface area (Å²) < 4.78 is 26.4. The van der Waals surface area contributed by atoms with Crippen LogP contribution < -0.4 is 11.2 Å². The van der Waals surface area contributed by atoms with Crippen LogP contribution in [-0.2, 0) is 29.8 Å². The molecular formula is C12H15Cl2N2O9P. The first-order valence-corrected chi connectivity index (χ1v) is 10.5. The number of hydrogen-bond acceptors (Lipinski definition) is 9. The molecule has 0 aromatic carbocycles. The SMILES string of the molecule is COC(=O)Cc1cn([C@@H]2O[C@H](COP(=O)(Cl)Cl)C(O)[C@@H]2O)c(=O)[nH]c1=O. The zero-order valence-corrected chi connectivity index (χ0v) is 15.6. The topological polar surface area (TPSA) is 157 Å². The summed E-state index contributed by atoms with van der Waals surface area (Å²) in [6.07, 6.45) is -9.05. The number of aromatic amines is 1. The Hall–Kier alpha value is -1.20. The number of aliphatic hydroxyl groups excluding tert-OH is 2. The number of ether oxygens (including phenoxy) is 2. The Kier molecular flexibility index (Phi) is 6.67. The van der Waals surface area contributed by atoms with Crippen LogP contribution in [0.4, 0.5) is 0 Å². The average molecular weight is 433 g/mol. The number of hydrogen-bond donors (Lipinski definition) is 3. The molecule has 1 aromatic rings. The Morgan fingerprint density at radius 3 is 2.62 bits per heavy atom. The predicted octanol–water partition coefficient (Wildman–Crippen LogP) is -0.526.